The van der Waals surface area contributed by atoms with Crippen LogP contribution in [0.4, 0.5) is 0 Å². The van der Waals surface area contributed by atoms with Crippen molar-refractivity contribution in [3.8, 4) is 17.0 Å². The molecule has 2 N–H and O–H groups in total. The molecule has 2 aromatic heterocycles. The zero-order chi connectivity index (χ0) is 16.5. The summed E-state index contributed by atoms with van der Waals surface area (Å²) in [6.45, 7) is 3.04. The van der Waals surface area contributed by atoms with Crippen LogP contribution >= 0.6 is 0 Å². The summed E-state index contributed by atoms with van der Waals surface area (Å²) in [6, 6.07) is 11.6. The first-order chi connectivity index (χ1) is 11.7. The molecule has 1 aliphatic rings. The van der Waals surface area contributed by atoms with Gasteiger partial charge in [0.25, 0.3) is 0 Å². The van der Waals surface area contributed by atoms with Crippen LogP contribution in [0, 0.1) is 0 Å². The summed E-state index contributed by atoms with van der Waals surface area (Å²) in [4.78, 5) is 13.9. The normalized spacial score (nSPS) is 14.5. The molecule has 0 radical (unpaired) electrons. The van der Waals surface area contributed by atoms with Crippen molar-refractivity contribution in [2.45, 2.75) is 19.6 Å². The van der Waals surface area contributed by atoms with Gasteiger partial charge in [0.1, 0.15) is 0 Å². The van der Waals surface area contributed by atoms with Gasteiger partial charge in [0, 0.05) is 55.3 Å². The van der Waals surface area contributed by atoms with Gasteiger partial charge in [-0.3, -0.25) is 14.8 Å². The van der Waals surface area contributed by atoms with Gasteiger partial charge >= 0.3 is 0 Å². The molecular formula is C18H18N4O2. The maximum Gasteiger partial charge on any atom is 0.223 e. The number of aromatic amines is 1. The Kier molecular flexibility index (Phi) is 3.66. The van der Waals surface area contributed by atoms with Crippen molar-refractivity contribution >= 4 is 0 Å². The smallest absolute Gasteiger partial charge is 0.223 e. The third-order valence-electron chi connectivity index (χ3n) is 4.40. The minimum absolute atomic E-state index is 0.187. The van der Waals surface area contributed by atoms with E-state index in [1.165, 1.54) is 12.3 Å². The highest BCUT2D eigenvalue weighted by Crippen LogP contribution is 2.23. The zero-order valence-electron chi connectivity index (χ0n) is 13.1. The number of aromatic nitrogens is 3. The standard InChI is InChI=1S/C18H18N4O2/c23-16-8-15-11-21(6-7-22(15)12-17(16)24)10-14-9-19-20-18(14)13-4-2-1-3-5-13/h1-5,8-9,12,24H,6-7,10-11H2,(H,19,20). The molecule has 0 unspecified atom stereocenters. The summed E-state index contributed by atoms with van der Waals surface area (Å²) in [6.07, 6.45) is 3.46. The topological polar surface area (TPSA) is 74.2 Å². The predicted octanol–water partition coefficient (Wildman–Crippen LogP) is 1.96. The van der Waals surface area contributed by atoms with Crippen LogP contribution in [0.3, 0.4) is 0 Å². The molecule has 6 heteroatoms. The third-order valence-corrected chi connectivity index (χ3v) is 4.40. The number of hydrogen-bond donors (Lipinski definition) is 2. The minimum Gasteiger partial charge on any atom is -0.503 e. The lowest BCUT2D eigenvalue weighted by Gasteiger charge is -2.30. The lowest BCUT2D eigenvalue weighted by atomic mass is 10.1. The second-order valence-corrected chi connectivity index (χ2v) is 6.04. The van der Waals surface area contributed by atoms with E-state index in [2.05, 4.69) is 15.1 Å². The Labute approximate surface area is 139 Å². The fourth-order valence-corrected chi connectivity index (χ4v) is 3.16. The largest absolute Gasteiger partial charge is 0.503 e. The van der Waals surface area contributed by atoms with Gasteiger partial charge in [-0.15, -0.1) is 0 Å². The van der Waals surface area contributed by atoms with Crippen LogP contribution in [0.15, 0.2) is 53.6 Å². The number of rotatable bonds is 3. The first kappa shape index (κ1) is 14.7. The molecule has 122 valence electrons. The Hall–Kier alpha value is -2.86. The number of fused-ring (bicyclic) bond motifs is 1. The van der Waals surface area contributed by atoms with Gasteiger partial charge in [0.2, 0.25) is 5.43 Å². The lowest BCUT2D eigenvalue weighted by molar-refractivity contribution is 0.210. The van der Waals surface area contributed by atoms with Crippen molar-refractivity contribution in [2.24, 2.45) is 0 Å². The van der Waals surface area contributed by atoms with Crippen LogP contribution in [0.5, 0.6) is 5.75 Å². The highest BCUT2D eigenvalue weighted by atomic mass is 16.3. The second-order valence-electron chi connectivity index (χ2n) is 6.04. The molecule has 4 rings (SSSR count). The first-order valence-corrected chi connectivity index (χ1v) is 7.93. The van der Waals surface area contributed by atoms with Gasteiger partial charge in [-0.2, -0.15) is 5.10 Å². The van der Waals surface area contributed by atoms with E-state index in [0.29, 0.717) is 6.54 Å². The number of benzene rings is 1. The van der Waals surface area contributed by atoms with Gasteiger partial charge in [0.05, 0.1) is 11.9 Å². The highest BCUT2D eigenvalue weighted by molar-refractivity contribution is 5.62. The quantitative estimate of drug-likeness (QED) is 0.773. The average molecular weight is 322 g/mol. The van der Waals surface area contributed by atoms with Crippen LogP contribution < -0.4 is 5.43 Å². The number of nitrogens with one attached hydrogen (secondary N) is 1. The molecular weight excluding hydrogens is 304 g/mol. The Morgan fingerprint density at radius 2 is 2.04 bits per heavy atom. The molecule has 0 spiro atoms. The van der Waals surface area contributed by atoms with Gasteiger partial charge in [-0.25, -0.2) is 0 Å². The van der Waals surface area contributed by atoms with E-state index in [1.807, 2.05) is 41.1 Å². The molecule has 0 saturated carbocycles. The number of aromatic hydroxyl groups is 1. The van der Waals surface area contributed by atoms with Crippen LogP contribution in [-0.2, 0) is 19.6 Å². The first-order valence-electron chi connectivity index (χ1n) is 7.93. The highest BCUT2D eigenvalue weighted by Gasteiger charge is 2.19. The maximum atomic E-state index is 11.7. The third kappa shape index (κ3) is 2.72. The van der Waals surface area contributed by atoms with E-state index in [-0.39, 0.29) is 11.2 Å². The van der Waals surface area contributed by atoms with E-state index in [4.69, 9.17) is 0 Å². The van der Waals surface area contributed by atoms with Gasteiger partial charge < -0.3 is 9.67 Å². The monoisotopic (exact) mass is 322 g/mol. The molecule has 0 amide bonds. The summed E-state index contributed by atoms with van der Waals surface area (Å²) >= 11 is 0. The summed E-state index contributed by atoms with van der Waals surface area (Å²) in [5.74, 6) is -0.187. The van der Waals surface area contributed by atoms with E-state index in [1.54, 1.807) is 0 Å². The fourth-order valence-electron chi connectivity index (χ4n) is 3.16. The van der Waals surface area contributed by atoms with Crippen molar-refractivity contribution in [3.05, 3.63) is 70.3 Å². The SMILES string of the molecule is O=c1cc2n(cc1O)CCN(Cc1c[nH]nc1-c1ccccc1)C2. The van der Waals surface area contributed by atoms with Crippen LogP contribution in [0.2, 0.25) is 0 Å². The molecule has 6 nitrogen and oxygen atoms in total. The summed E-state index contributed by atoms with van der Waals surface area (Å²) in [5.41, 5.74) is 3.79. The second kappa shape index (κ2) is 5.98. The van der Waals surface area contributed by atoms with Crippen molar-refractivity contribution in [1.29, 1.82) is 0 Å². The van der Waals surface area contributed by atoms with Crippen LogP contribution in [-0.4, -0.2) is 31.3 Å². The average Bonchev–Trinajstić information content (AvgIpc) is 3.05. The zero-order valence-corrected chi connectivity index (χ0v) is 13.1. The van der Waals surface area contributed by atoms with Crippen LogP contribution in [0.25, 0.3) is 11.3 Å². The molecule has 0 aliphatic carbocycles. The number of nitrogens with zero attached hydrogens (tertiary/aromatic N) is 3. The molecule has 0 bridgehead atoms. The summed E-state index contributed by atoms with van der Waals surface area (Å²) in [7, 11) is 0. The summed E-state index contributed by atoms with van der Waals surface area (Å²) < 4.78 is 1.95. The van der Waals surface area contributed by atoms with E-state index in [0.717, 1.165) is 42.1 Å². The maximum absolute atomic E-state index is 11.7. The van der Waals surface area contributed by atoms with E-state index < -0.39 is 0 Å². The lowest BCUT2D eigenvalue weighted by Crippen LogP contribution is -2.34. The fraction of sp³-hybridized carbons (Fsp3) is 0.222. The Morgan fingerprint density at radius 1 is 1.21 bits per heavy atom. The number of hydrogen-bond acceptors (Lipinski definition) is 4. The van der Waals surface area contributed by atoms with Crippen molar-refractivity contribution in [2.75, 3.05) is 6.54 Å². The molecule has 24 heavy (non-hydrogen) atoms. The molecule has 1 aliphatic heterocycles. The van der Waals surface area contributed by atoms with Crippen molar-refractivity contribution in [3.63, 3.8) is 0 Å². The molecule has 1 aromatic carbocycles. The van der Waals surface area contributed by atoms with Crippen molar-refractivity contribution in [1.82, 2.24) is 19.7 Å². The molecule has 3 heterocycles. The van der Waals surface area contributed by atoms with Crippen molar-refractivity contribution < 1.29 is 5.11 Å². The predicted molar refractivity (Wildman–Crippen MR) is 90.5 cm³/mol. The van der Waals surface area contributed by atoms with Crippen LogP contribution in [0.1, 0.15) is 11.3 Å². The molecule has 0 saturated heterocycles. The number of H-pyrrole nitrogens is 1. The molecule has 3 aromatic rings. The summed E-state index contributed by atoms with van der Waals surface area (Å²) in [5, 5.41) is 16.9. The Morgan fingerprint density at radius 3 is 2.88 bits per heavy atom. The molecule has 0 fully saturated rings. The molecule has 0 atom stereocenters. The van der Waals surface area contributed by atoms with E-state index in [9.17, 15) is 9.90 Å². The van der Waals surface area contributed by atoms with Gasteiger partial charge in [0.15, 0.2) is 5.75 Å². The minimum atomic E-state index is -0.323. The van der Waals surface area contributed by atoms with E-state index >= 15 is 0 Å². The van der Waals surface area contributed by atoms with Gasteiger partial charge in [-0.05, 0) is 0 Å². The Bertz CT molecular complexity index is 914. The van der Waals surface area contributed by atoms with Gasteiger partial charge in [-0.1, -0.05) is 30.3 Å². The Balaban J connectivity index is 1.56. The number of pyridine rings is 1.